The topological polar surface area (TPSA) is 62.7 Å². The van der Waals surface area contributed by atoms with E-state index in [-0.39, 0.29) is 5.56 Å². The Morgan fingerprint density at radius 2 is 2.25 bits per heavy atom. The summed E-state index contributed by atoms with van der Waals surface area (Å²) < 4.78 is 5.36. The molecule has 1 aromatic rings. The molecular formula is C11H16N2O3. The summed E-state index contributed by atoms with van der Waals surface area (Å²) in [5.74, 6) is -0.518. The van der Waals surface area contributed by atoms with Crippen molar-refractivity contribution in [3.63, 3.8) is 0 Å². The molecule has 1 heterocycles. The van der Waals surface area contributed by atoms with Gasteiger partial charge in [0.05, 0.1) is 12.2 Å². The van der Waals surface area contributed by atoms with Crippen LogP contribution in [0.25, 0.3) is 0 Å². The number of hydrogen-bond acceptors (Lipinski definition) is 4. The second kappa shape index (κ2) is 6.07. The van der Waals surface area contributed by atoms with Gasteiger partial charge in [0, 0.05) is 18.8 Å². The van der Waals surface area contributed by atoms with Crippen molar-refractivity contribution in [2.75, 3.05) is 27.2 Å². The molecule has 0 aromatic carbocycles. The van der Waals surface area contributed by atoms with Crippen molar-refractivity contribution < 1.29 is 14.6 Å². The van der Waals surface area contributed by atoms with Crippen molar-refractivity contribution in [3.8, 4) is 5.88 Å². The molecule has 0 bridgehead atoms. The zero-order valence-corrected chi connectivity index (χ0v) is 9.51. The number of hydrogen-bond donors (Lipinski definition) is 1. The Labute approximate surface area is 94.7 Å². The van der Waals surface area contributed by atoms with Crippen molar-refractivity contribution in [2.24, 2.45) is 0 Å². The van der Waals surface area contributed by atoms with Crippen LogP contribution >= 0.6 is 0 Å². The average Bonchev–Trinajstić information content (AvgIpc) is 2.25. The van der Waals surface area contributed by atoms with Gasteiger partial charge in [-0.15, -0.1) is 0 Å². The highest BCUT2D eigenvalue weighted by Gasteiger charge is 2.03. The number of ether oxygens (including phenoxy) is 1. The molecule has 1 N–H and O–H groups in total. The van der Waals surface area contributed by atoms with Crippen molar-refractivity contribution >= 4 is 5.97 Å². The van der Waals surface area contributed by atoms with E-state index < -0.39 is 5.97 Å². The summed E-state index contributed by atoms with van der Waals surface area (Å²) in [5.41, 5.74) is 0.167. The zero-order valence-electron chi connectivity index (χ0n) is 9.51. The molecule has 1 rings (SSSR count). The second-order valence-electron chi connectivity index (χ2n) is 3.70. The number of aromatic nitrogens is 1. The van der Waals surface area contributed by atoms with Gasteiger partial charge in [0.1, 0.15) is 0 Å². The van der Waals surface area contributed by atoms with Crippen LogP contribution in [0.3, 0.4) is 0 Å². The summed E-state index contributed by atoms with van der Waals surface area (Å²) in [6.45, 7) is 1.53. The molecule has 0 aliphatic heterocycles. The zero-order chi connectivity index (χ0) is 12.0. The maximum absolute atomic E-state index is 10.6. The van der Waals surface area contributed by atoms with E-state index in [1.807, 2.05) is 14.1 Å². The molecule has 0 aliphatic rings. The highest BCUT2D eigenvalue weighted by atomic mass is 16.5. The molecule has 88 valence electrons. The van der Waals surface area contributed by atoms with Crippen molar-refractivity contribution in [1.29, 1.82) is 0 Å². The Hall–Kier alpha value is -1.62. The van der Waals surface area contributed by atoms with Crippen LogP contribution in [-0.4, -0.2) is 48.2 Å². The average molecular weight is 224 g/mol. The van der Waals surface area contributed by atoms with Gasteiger partial charge < -0.3 is 14.7 Å². The molecule has 1 aromatic heterocycles. The normalized spacial score (nSPS) is 10.4. The van der Waals surface area contributed by atoms with Crippen LogP contribution in [0.15, 0.2) is 18.3 Å². The number of carbonyl (C=O) groups is 1. The molecule has 0 saturated heterocycles. The molecule has 0 aliphatic carbocycles. The number of carboxylic acids is 1. The van der Waals surface area contributed by atoms with Crippen molar-refractivity contribution in [3.05, 3.63) is 23.9 Å². The first-order chi connectivity index (χ1) is 7.59. The lowest BCUT2D eigenvalue weighted by molar-refractivity contribution is 0.0696. The summed E-state index contributed by atoms with van der Waals surface area (Å²) in [5, 5.41) is 8.66. The molecule has 16 heavy (non-hydrogen) atoms. The Bertz CT molecular complexity index is 336. The van der Waals surface area contributed by atoms with Gasteiger partial charge in [-0.2, -0.15) is 0 Å². The van der Waals surface area contributed by atoms with Gasteiger partial charge in [-0.25, -0.2) is 9.78 Å². The van der Waals surface area contributed by atoms with Crippen molar-refractivity contribution in [2.45, 2.75) is 6.42 Å². The summed E-state index contributed by atoms with van der Waals surface area (Å²) >= 11 is 0. The fourth-order valence-corrected chi connectivity index (χ4v) is 1.15. The molecular weight excluding hydrogens is 208 g/mol. The quantitative estimate of drug-likeness (QED) is 0.733. The second-order valence-corrected chi connectivity index (χ2v) is 3.70. The van der Waals surface area contributed by atoms with E-state index in [9.17, 15) is 4.79 Å². The predicted octanol–water partition coefficient (Wildman–Crippen LogP) is 1.11. The van der Waals surface area contributed by atoms with Gasteiger partial charge in [0.2, 0.25) is 5.88 Å². The van der Waals surface area contributed by atoms with Crippen LogP contribution in [0, 0.1) is 0 Å². The third kappa shape index (κ3) is 4.27. The molecule has 0 atom stereocenters. The summed E-state index contributed by atoms with van der Waals surface area (Å²) in [7, 11) is 4.00. The van der Waals surface area contributed by atoms with E-state index in [0.717, 1.165) is 13.0 Å². The van der Waals surface area contributed by atoms with Gasteiger partial charge in [0.15, 0.2) is 0 Å². The minimum atomic E-state index is -0.980. The van der Waals surface area contributed by atoms with Crippen LogP contribution in [0.1, 0.15) is 16.8 Å². The molecule has 0 spiro atoms. The largest absolute Gasteiger partial charge is 0.478 e. The number of rotatable bonds is 6. The smallest absolute Gasteiger partial charge is 0.337 e. The van der Waals surface area contributed by atoms with Crippen LogP contribution < -0.4 is 4.74 Å². The van der Waals surface area contributed by atoms with E-state index in [1.54, 1.807) is 6.07 Å². The first-order valence-corrected chi connectivity index (χ1v) is 5.06. The monoisotopic (exact) mass is 224 g/mol. The lowest BCUT2D eigenvalue weighted by Gasteiger charge is -2.09. The third-order valence-electron chi connectivity index (χ3n) is 1.98. The van der Waals surface area contributed by atoms with E-state index >= 15 is 0 Å². The fraction of sp³-hybridized carbons (Fsp3) is 0.455. The third-order valence-corrected chi connectivity index (χ3v) is 1.98. The minimum Gasteiger partial charge on any atom is -0.478 e. The van der Waals surface area contributed by atoms with Crippen molar-refractivity contribution in [1.82, 2.24) is 9.88 Å². The predicted molar refractivity (Wildman–Crippen MR) is 59.9 cm³/mol. The fourth-order valence-electron chi connectivity index (χ4n) is 1.15. The Morgan fingerprint density at radius 1 is 1.50 bits per heavy atom. The van der Waals surface area contributed by atoms with E-state index in [2.05, 4.69) is 9.88 Å². The van der Waals surface area contributed by atoms with Gasteiger partial charge in [-0.05, 0) is 26.6 Å². The molecule has 0 amide bonds. The van der Waals surface area contributed by atoms with E-state index in [0.29, 0.717) is 12.5 Å². The van der Waals surface area contributed by atoms with Gasteiger partial charge in [-0.3, -0.25) is 0 Å². The van der Waals surface area contributed by atoms with Crippen LogP contribution in [0.2, 0.25) is 0 Å². The summed E-state index contributed by atoms with van der Waals surface area (Å²) in [4.78, 5) is 16.5. The Kier molecular flexibility index (Phi) is 4.72. The minimum absolute atomic E-state index is 0.167. The molecule has 5 nitrogen and oxygen atoms in total. The number of aromatic carboxylic acids is 1. The molecule has 5 heteroatoms. The molecule has 0 saturated carbocycles. The van der Waals surface area contributed by atoms with Crippen LogP contribution in [-0.2, 0) is 0 Å². The lowest BCUT2D eigenvalue weighted by atomic mass is 10.3. The molecule has 0 unspecified atom stereocenters. The van der Waals surface area contributed by atoms with E-state index in [1.165, 1.54) is 12.3 Å². The van der Waals surface area contributed by atoms with Gasteiger partial charge in [0.25, 0.3) is 0 Å². The standard InChI is InChI=1S/C11H16N2O3/c1-13(2)6-3-7-16-10-5-4-9(8-12-10)11(14)15/h4-5,8H,3,6-7H2,1-2H3,(H,14,15). The number of nitrogens with zero attached hydrogens (tertiary/aromatic N) is 2. The Morgan fingerprint density at radius 3 is 2.75 bits per heavy atom. The summed E-state index contributed by atoms with van der Waals surface area (Å²) in [6, 6.07) is 3.05. The lowest BCUT2D eigenvalue weighted by Crippen LogP contribution is -2.15. The summed E-state index contributed by atoms with van der Waals surface area (Å²) in [6.07, 6.45) is 2.21. The number of pyridine rings is 1. The molecule has 0 fully saturated rings. The maximum Gasteiger partial charge on any atom is 0.337 e. The van der Waals surface area contributed by atoms with Gasteiger partial charge >= 0.3 is 5.97 Å². The first kappa shape index (κ1) is 12.4. The van der Waals surface area contributed by atoms with Crippen LogP contribution in [0.4, 0.5) is 0 Å². The van der Waals surface area contributed by atoms with Crippen LogP contribution in [0.5, 0.6) is 5.88 Å². The van der Waals surface area contributed by atoms with E-state index in [4.69, 9.17) is 9.84 Å². The van der Waals surface area contributed by atoms with Gasteiger partial charge in [-0.1, -0.05) is 0 Å². The highest BCUT2D eigenvalue weighted by Crippen LogP contribution is 2.07. The SMILES string of the molecule is CN(C)CCCOc1ccc(C(=O)O)cn1. The number of carboxylic acid groups (broad SMARTS) is 1. The molecule has 0 radical (unpaired) electrons. The maximum atomic E-state index is 10.6. The Balaban J connectivity index is 2.35. The first-order valence-electron chi connectivity index (χ1n) is 5.06. The highest BCUT2D eigenvalue weighted by molar-refractivity contribution is 5.87.